The first-order chi connectivity index (χ1) is 6.81. The van der Waals surface area contributed by atoms with E-state index in [9.17, 15) is 0 Å². The zero-order chi connectivity index (χ0) is 9.97. The van der Waals surface area contributed by atoms with Crippen molar-refractivity contribution in [1.82, 2.24) is 5.43 Å². The predicted molar refractivity (Wildman–Crippen MR) is 64.0 cm³/mol. The van der Waals surface area contributed by atoms with Crippen LogP contribution in [0.15, 0.2) is 15.9 Å². The molecular formula is C10H15BrN2S. The number of nitrogens with one attached hydrogen (secondary N) is 1. The van der Waals surface area contributed by atoms with Crippen LogP contribution in [-0.4, -0.2) is 0 Å². The van der Waals surface area contributed by atoms with Gasteiger partial charge in [-0.1, -0.05) is 12.8 Å². The van der Waals surface area contributed by atoms with Gasteiger partial charge in [0.15, 0.2) is 0 Å². The Morgan fingerprint density at radius 1 is 1.43 bits per heavy atom. The molecule has 3 N–H and O–H groups in total. The minimum atomic E-state index is 0.355. The van der Waals surface area contributed by atoms with Gasteiger partial charge >= 0.3 is 0 Å². The lowest BCUT2D eigenvalue weighted by Gasteiger charge is -2.20. The molecule has 1 aromatic rings. The highest BCUT2D eigenvalue weighted by molar-refractivity contribution is 9.11. The van der Waals surface area contributed by atoms with Gasteiger partial charge in [0, 0.05) is 4.88 Å². The summed E-state index contributed by atoms with van der Waals surface area (Å²) in [6.07, 6.45) is 5.33. The summed E-state index contributed by atoms with van der Waals surface area (Å²) in [6, 6.07) is 4.62. The zero-order valence-electron chi connectivity index (χ0n) is 8.00. The summed E-state index contributed by atoms with van der Waals surface area (Å²) in [5.41, 5.74) is 2.96. The molecule has 2 rings (SSSR count). The van der Waals surface area contributed by atoms with Crippen LogP contribution >= 0.6 is 27.3 Å². The molecule has 0 saturated heterocycles. The molecule has 2 nitrogen and oxygen atoms in total. The SMILES string of the molecule is NNC(c1ccc(Br)s1)C1CCCC1. The van der Waals surface area contributed by atoms with Gasteiger partial charge in [-0.15, -0.1) is 11.3 Å². The van der Waals surface area contributed by atoms with Crippen LogP contribution in [0.1, 0.15) is 36.6 Å². The fourth-order valence-corrected chi connectivity index (χ4v) is 3.81. The third kappa shape index (κ3) is 2.19. The van der Waals surface area contributed by atoms with Crippen LogP contribution in [0.2, 0.25) is 0 Å². The van der Waals surface area contributed by atoms with Crippen molar-refractivity contribution < 1.29 is 0 Å². The molecule has 1 atom stereocenters. The van der Waals surface area contributed by atoms with Gasteiger partial charge in [0.05, 0.1) is 9.83 Å². The third-order valence-electron chi connectivity index (χ3n) is 2.95. The predicted octanol–water partition coefficient (Wildman–Crippen LogP) is 3.21. The van der Waals surface area contributed by atoms with E-state index in [4.69, 9.17) is 5.84 Å². The maximum absolute atomic E-state index is 5.64. The molecule has 1 aromatic heterocycles. The molecule has 1 unspecified atom stereocenters. The van der Waals surface area contributed by atoms with E-state index >= 15 is 0 Å². The number of hydrazine groups is 1. The van der Waals surface area contributed by atoms with Gasteiger partial charge in [0.1, 0.15) is 0 Å². The van der Waals surface area contributed by atoms with Gasteiger partial charge in [0.2, 0.25) is 0 Å². The highest BCUT2D eigenvalue weighted by atomic mass is 79.9. The van der Waals surface area contributed by atoms with E-state index in [0.29, 0.717) is 6.04 Å². The largest absolute Gasteiger partial charge is 0.271 e. The van der Waals surface area contributed by atoms with Crippen LogP contribution in [0.4, 0.5) is 0 Å². The summed E-state index contributed by atoms with van der Waals surface area (Å²) in [4.78, 5) is 1.35. The smallest absolute Gasteiger partial charge is 0.0702 e. The van der Waals surface area contributed by atoms with E-state index in [1.807, 2.05) is 0 Å². The molecule has 0 spiro atoms. The Morgan fingerprint density at radius 3 is 2.64 bits per heavy atom. The van der Waals surface area contributed by atoms with Crippen molar-refractivity contribution in [3.63, 3.8) is 0 Å². The van der Waals surface area contributed by atoms with Crippen molar-refractivity contribution in [2.45, 2.75) is 31.7 Å². The van der Waals surface area contributed by atoms with Crippen molar-refractivity contribution in [2.75, 3.05) is 0 Å². The lowest BCUT2D eigenvalue weighted by molar-refractivity contribution is 0.378. The Balaban J connectivity index is 2.12. The molecular weight excluding hydrogens is 260 g/mol. The van der Waals surface area contributed by atoms with Crippen molar-refractivity contribution in [1.29, 1.82) is 0 Å². The summed E-state index contributed by atoms with van der Waals surface area (Å²) in [5, 5.41) is 0. The molecule has 78 valence electrons. The van der Waals surface area contributed by atoms with Crippen LogP contribution < -0.4 is 11.3 Å². The molecule has 1 heterocycles. The van der Waals surface area contributed by atoms with Gasteiger partial charge in [0.25, 0.3) is 0 Å². The van der Waals surface area contributed by atoms with E-state index in [0.717, 1.165) is 5.92 Å². The van der Waals surface area contributed by atoms with Crippen LogP contribution in [0.3, 0.4) is 0 Å². The van der Waals surface area contributed by atoms with E-state index in [1.165, 1.54) is 34.3 Å². The molecule has 0 amide bonds. The van der Waals surface area contributed by atoms with E-state index in [-0.39, 0.29) is 0 Å². The van der Waals surface area contributed by atoms with Crippen molar-refractivity contribution in [3.8, 4) is 0 Å². The highest BCUT2D eigenvalue weighted by Gasteiger charge is 2.26. The molecule has 0 bridgehead atoms. The number of nitrogens with two attached hydrogens (primary N) is 1. The van der Waals surface area contributed by atoms with Gasteiger partial charge in [-0.25, -0.2) is 0 Å². The van der Waals surface area contributed by atoms with Crippen LogP contribution in [-0.2, 0) is 0 Å². The minimum Gasteiger partial charge on any atom is -0.271 e. The lowest BCUT2D eigenvalue weighted by Crippen LogP contribution is -2.32. The second-order valence-corrected chi connectivity index (χ2v) is 6.33. The number of rotatable bonds is 3. The van der Waals surface area contributed by atoms with Gasteiger partial charge in [-0.05, 0) is 46.8 Å². The lowest BCUT2D eigenvalue weighted by atomic mass is 9.97. The average molecular weight is 275 g/mol. The Morgan fingerprint density at radius 2 is 2.14 bits per heavy atom. The van der Waals surface area contributed by atoms with Crippen molar-refractivity contribution >= 4 is 27.3 Å². The number of hydrogen-bond donors (Lipinski definition) is 2. The quantitative estimate of drug-likeness (QED) is 0.656. The Kier molecular flexibility index (Phi) is 3.60. The topological polar surface area (TPSA) is 38.0 Å². The maximum atomic E-state index is 5.64. The Bertz CT molecular complexity index is 294. The molecule has 4 heteroatoms. The molecule has 1 fully saturated rings. The van der Waals surface area contributed by atoms with Crippen LogP contribution in [0.5, 0.6) is 0 Å². The second-order valence-electron chi connectivity index (χ2n) is 3.83. The number of halogens is 1. The van der Waals surface area contributed by atoms with Crippen LogP contribution in [0, 0.1) is 5.92 Å². The first-order valence-electron chi connectivity index (χ1n) is 5.02. The zero-order valence-corrected chi connectivity index (χ0v) is 10.4. The summed E-state index contributed by atoms with van der Waals surface area (Å²) < 4.78 is 1.19. The standard InChI is InChI=1S/C10H15BrN2S/c11-9-6-5-8(14-9)10(13-12)7-3-1-2-4-7/h5-7,10,13H,1-4,12H2. The number of hydrogen-bond acceptors (Lipinski definition) is 3. The fraction of sp³-hybridized carbons (Fsp3) is 0.600. The Hall–Kier alpha value is 0.1000. The van der Waals surface area contributed by atoms with E-state index in [2.05, 4.69) is 33.5 Å². The maximum Gasteiger partial charge on any atom is 0.0702 e. The molecule has 1 aliphatic rings. The average Bonchev–Trinajstić information content (AvgIpc) is 2.79. The minimum absolute atomic E-state index is 0.355. The van der Waals surface area contributed by atoms with E-state index < -0.39 is 0 Å². The normalized spacial score (nSPS) is 20.1. The fourth-order valence-electron chi connectivity index (χ4n) is 2.24. The van der Waals surface area contributed by atoms with Gasteiger partial charge in [-0.2, -0.15) is 0 Å². The molecule has 0 aromatic carbocycles. The summed E-state index contributed by atoms with van der Waals surface area (Å²) in [7, 11) is 0. The molecule has 0 radical (unpaired) electrons. The molecule has 14 heavy (non-hydrogen) atoms. The molecule has 1 aliphatic carbocycles. The van der Waals surface area contributed by atoms with Crippen LogP contribution in [0.25, 0.3) is 0 Å². The van der Waals surface area contributed by atoms with Crippen molar-refractivity contribution in [2.24, 2.45) is 11.8 Å². The van der Waals surface area contributed by atoms with Gasteiger partial charge < -0.3 is 0 Å². The first kappa shape index (κ1) is 10.6. The molecule has 0 aliphatic heterocycles. The third-order valence-corrected chi connectivity index (χ3v) is 4.66. The Labute approximate surface area is 97.0 Å². The second kappa shape index (κ2) is 4.75. The first-order valence-corrected chi connectivity index (χ1v) is 6.63. The monoisotopic (exact) mass is 274 g/mol. The van der Waals surface area contributed by atoms with Crippen molar-refractivity contribution in [3.05, 3.63) is 20.8 Å². The summed E-state index contributed by atoms with van der Waals surface area (Å²) in [6.45, 7) is 0. The summed E-state index contributed by atoms with van der Waals surface area (Å²) >= 11 is 5.27. The highest BCUT2D eigenvalue weighted by Crippen LogP contribution is 2.38. The van der Waals surface area contributed by atoms with E-state index in [1.54, 1.807) is 11.3 Å². The summed E-state index contributed by atoms with van der Waals surface area (Å²) in [5.74, 6) is 6.36. The van der Waals surface area contributed by atoms with Gasteiger partial charge in [-0.3, -0.25) is 11.3 Å². The molecule has 1 saturated carbocycles. The number of thiophene rings is 1.